The van der Waals surface area contributed by atoms with Crippen LogP contribution < -0.4 is 0 Å². The summed E-state index contributed by atoms with van der Waals surface area (Å²) in [4.78, 5) is 0. The third kappa shape index (κ3) is 3.61. The van der Waals surface area contributed by atoms with Gasteiger partial charge in [0.05, 0.1) is 6.21 Å². The first-order chi connectivity index (χ1) is 11.1. The molecule has 0 spiro atoms. The highest BCUT2D eigenvalue weighted by atomic mass is 16.4. The van der Waals surface area contributed by atoms with E-state index in [0.29, 0.717) is 29.5 Å². The van der Waals surface area contributed by atoms with Gasteiger partial charge in [-0.2, -0.15) is 0 Å². The van der Waals surface area contributed by atoms with Gasteiger partial charge in [0.2, 0.25) is 0 Å². The quantitative estimate of drug-likeness (QED) is 0.326. The number of phenols is 2. The molecule has 3 N–H and O–H groups in total. The number of oxime groups is 1. The summed E-state index contributed by atoms with van der Waals surface area (Å²) < 4.78 is 0. The number of rotatable bonds is 6. The second-order valence-electron chi connectivity index (χ2n) is 5.15. The van der Waals surface area contributed by atoms with Gasteiger partial charge in [-0.1, -0.05) is 23.4 Å². The Bertz CT molecular complexity index is 763. The van der Waals surface area contributed by atoms with Crippen LogP contribution in [-0.4, -0.2) is 21.6 Å². The van der Waals surface area contributed by atoms with Crippen molar-refractivity contribution in [3.63, 3.8) is 0 Å². The van der Waals surface area contributed by atoms with Gasteiger partial charge in [0.25, 0.3) is 0 Å². The number of nitrogens with zero attached hydrogens (tertiary/aromatic N) is 1. The van der Waals surface area contributed by atoms with Gasteiger partial charge in [0, 0.05) is 11.1 Å². The first-order valence-corrected chi connectivity index (χ1v) is 7.18. The van der Waals surface area contributed by atoms with E-state index in [4.69, 9.17) is 5.21 Å². The molecule has 4 nitrogen and oxygen atoms in total. The van der Waals surface area contributed by atoms with Crippen LogP contribution in [0.3, 0.4) is 0 Å². The van der Waals surface area contributed by atoms with Crippen LogP contribution >= 0.6 is 0 Å². The monoisotopic (exact) mass is 309 g/mol. The molecule has 0 saturated heterocycles. The van der Waals surface area contributed by atoms with Gasteiger partial charge in [0.1, 0.15) is 11.5 Å². The summed E-state index contributed by atoms with van der Waals surface area (Å²) in [6.45, 7) is 7.39. The van der Waals surface area contributed by atoms with Crippen molar-refractivity contribution in [1.82, 2.24) is 0 Å². The van der Waals surface area contributed by atoms with Crippen molar-refractivity contribution in [2.75, 3.05) is 0 Å². The Hall–Kier alpha value is -3.01. The van der Waals surface area contributed by atoms with Crippen LogP contribution in [0.1, 0.15) is 16.7 Å². The standard InChI is InChI=1S/C19H19NO3/c1-3-5-13-7-8-18(21)17(9-13)15-10-14(6-4-2)19(22)16(11-15)12-20-23/h3-4,7-12,21-23H,1-2,5-6H2/b20-12+. The van der Waals surface area contributed by atoms with Crippen molar-refractivity contribution in [2.24, 2.45) is 5.16 Å². The van der Waals surface area contributed by atoms with Crippen LogP contribution in [0.5, 0.6) is 11.5 Å². The van der Waals surface area contributed by atoms with Crippen LogP contribution in [-0.2, 0) is 12.8 Å². The van der Waals surface area contributed by atoms with Gasteiger partial charge in [-0.05, 0) is 53.8 Å². The first-order valence-electron chi connectivity index (χ1n) is 7.18. The Balaban J connectivity index is 2.64. The summed E-state index contributed by atoms with van der Waals surface area (Å²) in [5.41, 5.74) is 3.39. The second kappa shape index (κ2) is 7.31. The van der Waals surface area contributed by atoms with Crippen LogP contribution in [0, 0.1) is 0 Å². The van der Waals surface area contributed by atoms with Crippen LogP contribution in [0.4, 0.5) is 0 Å². The molecule has 0 aromatic heterocycles. The highest BCUT2D eigenvalue weighted by Gasteiger charge is 2.12. The molecule has 2 aromatic carbocycles. The molecule has 2 aromatic rings. The van der Waals surface area contributed by atoms with Crippen molar-refractivity contribution >= 4 is 6.21 Å². The molecule has 23 heavy (non-hydrogen) atoms. The van der Waals surface area contributed by atoms with Gasteiger partial charge in [-0.25, -0.2) is 0 Å². The highest BCUT2D eigenvalue weighted by molar-refractivity contribution is 5.87. The zero-order valence-corrected chi connectivity index (χ0v) is 12.7. The molecule has 0 saturated carbocycles. The lowest BCUT2D eigenvalue weighted by atomic mass is 9.95. The zero-order valence-electron chi connectivity index (χ0n) is 12.7. The summed E-state index contributed by atoms with van der Waals surface area (Å²) in [6.07, 6.45) is 5.78. The van der Waals surface area contributed by atoms with Crippen LogP contribution in [0.2, 0.25) is 0 Å². The predicted octanol–water partition coefficient (Wildman–Crippen LogP) is 4.03. The van der Waals surface area contributed by atoms with Gasteiger partial charge in [-0.15, -0.1) is 13.2 Å². The van der Waals surface area contributed by atoms with Gasteiger partial charge in [-0.3, -0.25) is 0 Å². The summed E-state index contributed by atoms with van der Waals surface area (Å²) in [5, 5.41) is 32.1. The Morgan fingerprint density at radius 2 is 1.74 bits per heavy atom. The van der Waals surface area contributed by atoms with Gasteiger partial charge < -0.3 is 15.4 Å². The maximum atomic E-state index is 10.2. The fourth-order valence-electron chi connectivity index (χ4n) is 2.45. The van der Waals surface area contributed by atoms with E-state index < -0.39 is 0 Å². The molecule has 2 rings (SSSR count). The molecular weight excluding hydrogens is 290 g/mol. The SMILES string of the molecule is C=CCc1ccc(O)c(-c2cc(/C=N/O)c(O)c(CC=C)c2)c1. The molecule has 0 aliphatic rings. The van der Waals surface area contributed by atoms with Crippen LogP contribution in [0.15, 0.2) is 60.8 Å². The molecule has 0 amide bonds. The number of aromatic hydroxyl groups is 2. The van der Waals surface area contributed by atoms with Gasteiger partial charge in [0.15, 0.2) is 0 Å². The molecule has 0 bridgehead atoms. The molecule has 0 unspecified atom stereocenters. The van der Waals surface area contributed by atoms with E-state index in [1.807, 2.05) is 12.1 Å². The molecule has 4 heteroatoms. The van der Waals surface area contributed by atoms with E-state index >= 15 is 0 Å². The Labute approximate surface area is 135 Å². The van der Waals surface area contributed by atoms with E-state index in [-0.39, 0.29) is 11.5 Å². The van der Waals surface area contributed by atoms with E-state index in [1.54, 1.807) is 30.4 Å². The molecular formula is C19H19NO3. The first kappa shape index (κ1) is 16.4. The average molecular weight is 309 g/mol. The fraction of sp³-hybridized carbons (Fsp3) is 0.105. The van der Waals surface area contributed by atoms with E-state index in [0.717, 1.165) is 17.3 Å². The zero-order chi connectivity index (χ0) is 16.8. The van der Waals surface area contributed by atoms with E-state index in [2.05, 4.69) is 18.3 Å². The Morgan fingerprint density at radius 1 is 1.00 bits per heavy atom. The molecule has 0 fully saturated rings. The number of hydrogen-bond donors (Lipinski definition) is 3. The second-order valence-corrected chi connectivity index (χ2v) is 5.15. The fourth-order valence-corrected chi connectivity index (χ4v) is 2.45. The number of allylic oxidation sites excluding steroid dienone is 2. The van der Waals surface area contributed by atoms with Crippen molar-refractivity contribution < 1.29 is 15.4 Å². The number of hydrogen-bond acceptors (Lipinski definition) is 4. The third-order valence-corrected chi connectivity index (χ3v) is 3.53. The molecule has 0 aliphatic carbocycles. The molecule has 0 aliphatic heterocycles. The van der Waals surface area contributed by atoms with Crippen molar-refractivity contribution in [3.8, 4) is 22.6 Å². The normalized spacial score (nSPS) is 10.8. The minimum atomic E-state index is 0.0354. The van der Waals surface area contributed by atoms with Crippen molar-refractivity contribution in [2.45, 2.75) is 12.8 Å². The summed E-state index contributed by atoms with van der Waals surface area (Å²) in [7, 11) is 0. The van der Waals surface area contributed by atoms with Gasteiger partial charge >= 0.3 is 0 Å². The third-order valence-electron chi connectivity index (χ3n) is 3.53. The lowest BCUT2D eigenvalue weighted by molar-refractivity contribution is 0.321. The van der Waals surface area contributed by atoms with Crippen molar-refractivity contribution in [3.05, 3.63) is 72.3 Å². The van der Waals surface area contributed by atoms with E-state index in [1.165, 1.54) is 0 Å². The topological polar surface area (TPSA) is 73.1 Å². The lowest BCUT2D eigenvalue weighted by Gasteiger charge is -2.12. The maximum absolute atomic E-state index is 10.2. The highest BCUT2D eigenvalue weighted by Crippen LogP contribution is 2.35. The van der Waals surface area contributed by atoms with Crippen LogP contribution in [0.25, 0.3) is 11.1 Å². The molecule has 0 atom stereocenters. The predicted molar refractivity (Wildman–Crippen MR) is 92.4 cm³/mol. The lowest BCUT2D eigenvalue weighted by Crippen LogP contribution is -1.93. The average Bonchev–Trinajstić information content (AvgIpc) is 2.53. The molecule has 0 radical (unpaired) electrons. The minimum absolute atomic E-state index is 0.0354. The Morgan fingerprint density at radius 3 is 2.39 bits per heavy atom. The Kier molecular flexibility index (Phi) is 5.20. The van der Waals surface area contributed by atoms with Crippen molar-refractivity contribution in [1.29, 1.82) is 0 Å². The summed E-state index contributed by atoms with van der Waals surface area (Å²) >= 11 is 0. The maximum Gasteiger partial charge on any atom is 0.128 e. The number of benzene rings is 2. The van der Waals surface area contributed by atoms with E-state index in [9.17, 15) is 10.2 Å². The molecule has 0 heterocycles. The molecule has 118 valence electrons. The summed E-state index contributed by atoms with van der Waals surface area (Å²) in [5.74, 6) is 0.174. The largest absolute Gasteiger partial charge is 0.507 e. The smallest absolute Gasteiger partial charge is 0.128 e. The number of phenolic OH excluding ortho intramolecular Hbond substituents is 2. The summed E-state index contributed by atoms with van der Waals surface area (Å²) in [6, 6.07) is 8.80. The minimum Gasteiger partial charge on any atom is -0.507 e.